The number of aromatic nitrogens is 2. The molecule has 0 spiro atoms. The van der Waals surface area contributed by atoms with Crippen LogP contribution in [0, 0.1) is 5.41 Å². The van der Waals surface area contributed by atoms with Gasteiger partial charge in [0.15, 0.2) is 0 Å². The molecule has 0 aliphatic carbocycles. The summed E-state index contributed by atoms with van der Waals surface area (Å²) in [4.78, 5) is 32.7. The van der Waals surface area contributed by atoms with Gasteiger partial charge in [0, 0.05) is 49.6 Å². The monoisotopic (exact) mass is 519 g/mol. The number of morpholine rings is 1. The lowest BCUT2D eigenvalue weighted by Gasteiger charge is -2.42. The van der Waals surface area contributed by atoms with Crippen LogP contribution in [0.1, 0.15) is 62.9 Å². The lowest BCUT2D eigenvalue weighted by atomic mass is 9.88. The van der Waals surface area contributed by atoms with E-state index in [2.05, 4.69) is 11.0 Å². The second-order valence-corrected chi connectivity index (χ2v) is 12.6. The predicted octanol–water partition coefficient (Wildman–Crippen LogP) is 5.21. The zero-order valence-electron chi connectivity index (χ0n) is 20.9. The molecular weight excluding hydrogens is 486 g/mol. The first-order chi connectivity index (χ1) is 16.6. The van der Waals surface area contributed by atoms with Gasteiger partial charge >= 0.3 is 6.03 Å². The van der Waals surface area contributed by atoms with Crippen LogP contribution in [0.25, 0.3) is 0 Å². The molecule has 8 nitrogen and oxygen atoms in total. The maximum atomic E-state index is 13.4. The Kier molecular flexibility index (Phi) is 6.61. The lowest BCUT2D eigenvalue weighted by Crippen LogP contribution is -2.54. The van der Waals surface area contributed by atoms with Gasteiger partial charge in [-0.2, -0.15) is 9.78 Å². The van der Waals surface area contributed by atoms with Crippen molar-refractivity contribution in [1.29, 1.82) is 0 Å². The van der Waals surface area contributed by atoms with Gasteiger partial charge in [0.05, 0.1) is 28.2 Å². The van der Waals surface area contributed by atoms with Crippen molar-refractivity contribution >= 4 is 45.7 Å². The molecule has 0 N–H and O–H groups in total. The molecule has 35 heavy (non-hydrogen) atoms. The molecule has 3 fully saturated rings. The number of piperidine rings is 1. The zero-order chi connectivity index (χ0) is 24.9. The third kappa shape index (κ3) is 4.70. The van der Waals surface area contributed by atoms with Crippen molar-refractivity contribution in [3.63, 3.8) is 0 Å². The van der Waals surface area contributed by atoms with Crippen molar-refractivity contribution in [3.8, 4) is 0 Å². The van der Waals surface area contributed by atoms with Crippen LogP contribution < -0.4 is 4.90 Å². The van der Waals surface area contributed by atoms with Crippen LogP contribution >= 0.6 is 22.9 Å². The fourth-order valence-electron chi connectivity index (χ4n) is 5.54. The zero-order valence-corrected chi connectivity index (χ0v) is 22.4. The number of urea groups is 1. The number of anilines is 2. The van der Waals surface area contributed by atoms with Gasteiger partial charge in [0.2, 0.25) is 0 Å². The number of thiophene rings is 1. The smallest absolute Gasteiger partial charge is 0.320 e. The van der Waals surface area contributed by atoms with Gasteiger partial charge in [0.1, 0.15) is 5.82 Å². The SMILES string of the molecule is CN(c1ccc(Cl)s1)c1cc(C2CC3CCC(C2)N3C(=O)N2CCOCC2)nn1C(=O)C(C)(C)C. The van der Waals surface area contributed by atoms with E-state index in [0.717, 1.165) is 42.2 Å². The van der Waals surface area contributed by atoms with Crippen molar-refractivity contribution in [2.75, 3.05) is 38.3 Å². The van der Waals surface area contributed by atoms with E-state index in [0.29, 0.717) is 30.6 Å². The molecule has 3 aliphatic rings. The van der Waals surface area contributed by atoms with Crippen molar-refractivity contribution in [2.24, 2.45) is 5.41 Å². The van der Waals surface area contributed by atoms with Crippen LogP contribution in [0.4, 0.5) is 15.6 Å². The third-order valence-corrected chi connectivity index (χ3v) is 8.74. The fourth-order valence-corrected chi connectivity index (χ4v) is 6.54. The highest BCUT2D eigenvalue weighted by Crippen LogP contribution is 2.44. The van der Waals surface area contributed by atoms with E-state index in [1.807, 2.05) is 49.8 Å². The summed E-state index contributed by atoms with van der Waals surface area (Å²) in [5.41, 5.74) is 0.362. The highest BCUT2D eigenvalue weighted by atomic mass is 35.5. The highest BCUT2D eigenvalue weighted by Gasteiger charge is 2.46. The molecule has 2 bridgehead atoms. The Bertz CT molecular complexity index is 1090. The van der Waals surface area contributed by atoms with Gasteiger partial charge in [-0.15, -0.1) is 11.3 Å². The Morgan fingerprint density at radius 3 is 2.37 bits per heavy atom. The van der Waals surface area contributed by atoms with Gasteiger partial charge in [-0.25, -0.2) is 4.79 Å². The average molecular weight is 520 g/mol. The molecule has 3 aliphatic heterocycles. The van der Waals surface area contributed by atoms with Gasteiger partial charge in [-0.05, 0) is 37.8 Å². The summed E-state index contributed by atoms with van der Waals surface area (Å²) < 4.78 is 7.70. The van der Waals surface area contributed by atoms with Crippen molar-refractivity contribution in [2.45, 2.75) is 64.5 Å². The molecule has 3 saturated heterocycles. The maximum absolute atomic E-state index is 13.4. The topological polar surface area (TPSA) is 70.9 Å². The first kappa shape index (κ1) is 24.6. The van der Waals surface area contributed by atoms with Crippen molar-refractivity contribution in [3.05, 3.63) is 28.2 Å². The Morgan fingerprint density at radius 1 is 1.14 bits per heavy atom. The first-order valence-electron chi connectivity index (χ1n) is 12.4. The van der Waals surface area contributed by atoms with E-state index in [1.165, 1.54) is 11.3 Å². The second-order valence-electron chi connectivity index (χ2n) is 10.9. The lowest BCUT2D eigenvalue weighted by molar-refractivity contribution is 0.0330. The molecule has 0 radical (unpaired) electrons. The van der Waals surface area contributed by atoms with E-state index in [1.54, 1.807) is 4.68 Å². The largest absolute Gasteiger partial charge is 0.378 e. The van der Waals surface area contributed by atoms with E-state index < -0.39 is 5.41 Å². The quantitative estimate of drug-likeness (QED) is 0.556. The number of hydrogen-bond donors (Lipinski definition) is 0. The molecule has 0 saturated carbocycles. The number of carbonyl (C=O) groups is 2. The van der Waals surface area contributed by atoms with Crippen molar-refractivity contribution in [1.82, 2.24) is 19.6 Å². The van der Waals surface area contributed by atoms with Gasteiger partial charge < -0.3 is 19.4 Å². The first-order valence-corrected chi connectivity index (χ1v) is 13.6. The molecule has 10 heteroatoms. The van der Waals surface area contributed by atoms with Gasteiger partial charge in [-0.1, -0.05) is 32.4 Å². The van der Waals surface area contributed by atoms with E-state index in [9.17, 15) is 9.59 Å². The molecule has 5 heterocycles. The molecule has 5 rings (SSSR count). The summed E-state index contributed by atoms with van der Waals surface area (Å²) in [6, 6.07) is 6.47. The summed E-state index contributed by atoms with van der Waals surface area (Å²) in [7, 11) is 1.95. The Hall–Kier alpha value is -2.10. The van der Waals surface area contributed by atoms with E-state index >= 15 is 0 Å². The number of rotatable bonds is 3. The minimum absolute atomic E-state index is 0.0452. The number of halogens is 1. The minimum atomic E-state index is -0.570. The number of ether oxygens (including phenoxy) is 1. The molecule has 190 valence electrons. The van der Waals surface area contributed by atoms with Crippen LogP contribution in [-0.4, -0.2) is 77.0 Å². The van der Waals surface area contributed by atoms with Crippen molar-refractivity contribution < 1.29 is 14.3 Å². The molecule has 0 aromatic carbocycles. The summed E-state index contributed by atoms with van der Waals surface area (Å²) in [5, 5.41) is 5.83. The molecule has 2 aromatic rings. The summed E-state index contributed by atoms with van der Waals surface area (Å²) in [5.74, 6) is 0.920. The molecular formula is C25H34ClN5O3S. The Morgan fingerprint density at radius 2 is 1.80 bits per heavy atom. The van der Waals surface area contributed by atoms with Crippen LogP contribution in [0.3, 0.4) is 0 Å². The van der Waals surface area contributed by atoms with Crippen LogP contribution in [0.5, 0.6) is 0 Å². The number of amides is 2. The van der Waals surface area contributed by atoms with Gasteiger partial charge in [-0.3, -0.25) is 4.79 Å². The van der Waals surface area contributed by atoms with Crippen LogP contribution in [0.15, 0.2) is 18.2 Å². The number of carbonyl (C=O) groups excluding carboxylic acids is 2. The second kappa shape index (κ2) is 9.41. The number of nitrogens with zero attached hydrogens (tertiary/aromatic N) is 5. The fraction of sp³-hybridized carbons (Fsp3) is 0.640. The molecule has 2 amide bonds. The summed E-state index contributed by atoms with van der Waals surface area (Å²) >= 11 is 7.66. The number of hydrogen-bond acceptors (Lipinski definition) is 6. The minimum Gasteiger partial charge on any atom is -0.378 e. The number of fused-ring (bicyclic) bond motifs is 2. The Labute approximate surface area is 215 Å². The van der Waals surface area contributed by atoms with E-state index in [4.69, 9.17) is 21.4 Å². The average Bonchev–Trinajstić information content (AvgIpc) is 3.53. The van der Waals surface area contributed by atoms with Gasteiger partial charge in [0.25, 0.3) is 5.91 Å². The van der Waals surface area contributed by atoms with Crippen LogP contribution in [-0.2, 0) is 4.74 Å². The predicted molar refractivity (Wildman–Crippen MR) is 138 cm³/mol. The summed E-state index contributed by atoms with van der Waals surface area (Å²) in [6.45, 7) is 8.31. The molecule has 2 aromatic heterocycles. The Balaban J connectivity index is 1.41. The maximum Gasteiger partial charge on any atom is 0.320 e. The normalized spacial score (nSPS) is 24.7. The standard InChI is InChI=1S/C25H34ClN5O3S/c1-25(2,3)23(32)31-21(28(4)22-8-7-20(26)35-22)15-19(27-31)16-13-17-5-6-18(14-16)30(17)24(33)29-9-11-34-12-10-29/h7-8,15-18H,5-6,9-14H2,1-4H3. The highest BCUT2D eigenvalue weighted by molar-refractivity contribution is 7.20. The molecule has 2 unspecified atom stereocenters. The third-order valence-electron chi connectivity index (χ3n) is 7.43. The van der Waals surface area contributed by atoms with E-state index in [-0.39, 0.29) is 29.9 Å². The van der Waals surface area contributed by atoms with Crippen LogP contribution in [0.2, 0.25) is 4.34 Å². The molecule has 2 atom stereocenters. The summed E-state index contributed by atoms with van der Waals surface area (Å²) in [6.07, 6.45) is 3.81.